The van der Waals surface area contributed by atoms with Crippen molar-refractivity contribution in [3.05, 3.63) is 83.6 Å². The van der Waals surface area contributed by atoms with Gasteiger partial charge in [0.2, 0.25) is 5.95 Å². The number of nitrogens with zero attached hydrogens (tertiary/aromatic N) is 3. The van der Waals surface area contributed by atoms with Gasteiger partial charge in [-0.15, -0.1) is 0 Å². The summed E-state index contributed by atoms with van der Waals surface area (Å²) in [5, 5.41) is 3.36. The highest BCUT2D eigenvalue weighted by atomic mass is 15.2. The second-order valence-electron chi connectivity index (χ2n) is 6.69. The van der Waals surface area contributed by atoms with Gasteiger partial charge in [-0.3, -0.25) is 0 Å². The van der Waals surface area contributed by atoms with Crippen molar-refractivity contribution >= 4 is 11.8 Å². The van der Waals surface area contributed by atoms with Gasteiger partial charge in [-0.05, 0) is 42.0 Å². The van der Waals surface area contributed by atoms with E-state index >= 15 is 0 Å². The first-order valence-corrected chi connectivity index (χ1v) is 9.31. The number of aromatic nitrogens is 2. The monoisotopic (exact) mass is 344 g/mol. The normalized spacial score (nSPS) is 13.3. The molecule has 1 aromatic heterocycles. The summed E-state index contributed by atoms with van der Waals surface area (Å²) in [4.78, 5) is 11.4. The number of hydrogen-bond donors (Lipinski definition) is 1. The van der Waals surface area contributed by atoms with Gasteiger partial charge in [0.25, 0.3) is 0 Å². The smallest absolute Gasteiger partial charge is 0.224 e. The van der Waals surface area contributed by atoms with Crippen molar-refractivity contribution in [2.24, 2.45) is 0 Å². The lowest BCUT2D eigenvalue weighted by molar-refractivity contribution is 0.719. The summed E-state index contributed by atoms with van der Waals surface area (Å²) < 4.78 is 0. The molecule has 0 atom stereocenters. The maximum absolute atomic E-state index is 4.72. The van der Waals surface area contributed by atoms with Crippen LogP contribution in [0.3, 0.4) is 0 Å². The SMILES string of the molecule is c1ccc(CCCNc2nccc(N3CCc4ccccc4C3)n2)cc1. The molecule has 0 fully saturated rings. The molecule has 0 amide bonds. The highest BCUT2D eigenvalue weighted by molar-refractivity contribution is 5.46. The lowest BCUT2D eigenvalue weighted by Gasteiger charge is -2.29. The Labute approximate surface area is 154 Å². The molecule has 26 heavy (non-hydrogen) atoms. The van der Waals surface area contributed by atoms with Crippen LogP contribution in [0, 0.1) is 0 Å². The van der Waals surface area contributed by atoms with Crippen LogP contribution in [0.2, 0.25) is 0 Å². The molecule has 4 nitrogen and oxygen atoms in total. The van der Waals surface area contributed by atoms with Gasteiger partial charge >= 0.3 is 0 Å². The van der Waals surface area contributed by atoms with E-state index in [0.29, 0.717) is 0 Å². The van der Waals surface area contributed by atoms with E-state index in [0.717, 1.165) is 50.7 Å². The predicted octanol–water partition coefficient (Wildman–Crippen LogP) is 4.08. The summed E-state index contributed by atoms with van der Waals surface area (Å²) >= 11 is 0. The number of aryl methyl sites for hydroxylation is 1. The summed E-state index contributed by atoms with van der Waals surface area (Å²) in [6.45, 7) is 2.79. The largest absolute Gasteiger partial charge is 0.354 e. The Hall–Kier alpha value is -2.88. The third kappa shape index (κ3) is 4.02. The Bertz CT molecular complexity index is 848. The Kier molecular flexibility index (Phi) is 5.10. The number of fused-ring (bicyclic) bond motifs is 1. The van der Waals surface area contributed by atoms with Crippen LogP contribution in [0.25, 0.3) is 0 Å². The zero-order chi connectivity index (χ0) is 17.6. The number of benzene rings is 2. The van der Waals surface area contributed by atoms with Crippen LogP contribution in [-0.2, 0) is 19.4 Å². The second-order valence-corrected chi connectivity index (χ2v) is 6.69. The van der Waals surface area contributed by atoms with Crippen molar-refractivity contribution in [1.29, 1.82) is 0 Å². The first kappa shape index (κ1) is 16.6. The van der Waals surface area contributed by atoms with Crippen molar-refractivity contribution < 1.29 is 0 Å². The van der Waals surface area contributed by atoms with E-state index in [-0.39, 0.29) is 0 Å². The fourth-order valence-corrected chi connectivity index (χ4v) is 3.44. The molecule has 1 N–H and O–H groups in total. The summed E-state index contributed by atoms with van der Waals surface area (Å²) in [7, 11) is 0. The van der Waals surface area contributed by atoms with Crippen molar-refractivity contribution in [3.63, 3.8) is 0 Å². The molecule has 1 aliphatic rings. The van der Waals surface area contributed by atoms with E-state index in [2.05, 4.69) is 69.8 Å². The fraction of sp³-hybridized carbons (Fsp3) is 0.273. The molecule has 132 valence electrons. The highest BCUT2D eigenvalue weighted by Gasteiger charge is 2.17. The molecule has 4 rings (SSSR count). The minimum absolute atomic E-state index is 0.717. The third-order valence-electron chi connectivity index (χ3n) is 4.86. The summed E-state index contributed by atoms with van der Waals surface area (Å²) in [5.74, 6) is 1.72. The van der Waals surface area contributed by atoms with Gasteiger partial charge in [0, 0.05) is 25.8 Å². The van der Waals surface area contributed by atoms with Crippen LogP contribution in [0.4, 0.5) is 11.8 Å². The van der Waals surface area contributed by atoms with E-state index in [1.165, 1.54) is 16.7 Å². The molecule has 2 heterocycles. The molecule has 0 aliphatic carbocycles. The average Bonchev–Trinajstić information content (AvgIpc) is 2.72. The minimum Gasteiger partial charge on any atom is -0.354 e. The minimum atomic E-state index is 0.717. The fourth-order valence-electron chi connectivity index (χ4n) is 3.44. The molecule has 0 saturated heterocycles. The summed E-state index contributed by atoms with van der Waals surface area (Å²) in [6.07, 6.45) is 5.05. The molecule has 0 spiro atoms. The van der Waals surface area contributed by atoms with Gasteiger partial charge < -0.3 is 10.2 Å². The second kappa shape index (κ2) is 8.00. The molecule has 0 bridgehead atoms. The lowest BCUT2D eigenvalue weighted by atomic mass is 10.00. The molecular formula is C22H24N4. The maximum atomic E-state index is 4.72. The van der Waals surface area contributed by atoms with Crippen LogP contribution in [0.15, 0.2) is 66.9 Å². The molecule has 0 unspecified atom stereocenters. The van der Waals surface area contributed by atoms with Gasteiger partial charge in [0.15, 0.2) is 0 Å². The number of anilines is 2. The first-order valence-electron chi connectivity index (χ1n) is 9.31. The summed E-state index contributed by atoms with van der Waals surface area (Å²) in [5.41, 5.74) is 4.22. The van der Waals surface area contributed by atoms with Gasteiger partial charge in [0.05, 0.1) is 0 Å². The molecule has 3 aromatic rings. The zero-order valence-electron chi connectivity index (χ0n) is 14.9. The standard InChI is InChI=1S/C22H24N4/c1-2-7-18(8-3-1)9-6-14-23-22-24-15-12-21(25-22)26-16-13-19-10-4-5-11-20(19)17-26/h1-5,7-8,10-12,15H,6,9,13-14,16-17H2,(H,23,24,25). The number of hydrogen-bond acceptors (Lipinski definition) is 4. The maximum Gasteiger partial charge on any atom is 0.224 e. The average molecular weight is 344 g/mol. The first-order chi connectivity index (χ1) is 12.9. The van der Waals surface area contributed by atoms with Gasteiger partial charge in [-0.1, -0.05) is 54.6 Å². The lowest BCUT2D eigenvalue weighted by Crippen LogP contribution is -2.31. The Morgan fingerprint density at radius 1 is 0.923 bits per heavy atom. The molecular weight excluding hydrogens is 320 g/mol. The van der Waals surface area contributed by atoms with Gasteiger partial charge in [-0.25, -0.2) is 4.98 Å². The van der Waals surface area contributed by atoms with E-state index in [9.17, 15) is 0 Å². The molecule has 0 saturated carbocycles. The van der Waals surface area contributed by atoms with Crippen molar-refractivity contribution in [2.75, 3.05) is 23.3 Å². The van der Waals surface area contributed by atoms with E-state index in [1.54, 1.807) is 0 Å². The van der Waals surface area contributed by atoms with Crippen molar-refractivity contribution in [2.45, 2.75) is 25.8 Å². The van der Waals surface area contributed by atoms with E-state index in [1.807, 2.05) is 12.3 Å². The Balaban J connectivity index is 1.34. The molecule has 0 radical (unpaired) electrons. The van der Waals surface area contributed by atoms with Crippen LogP contribution in [0.1, 0.15) is 23.1 Å². The predicted molar refractivity (Wildman–Crippen MR) is 106 cm³/mol. The van der Waals surface area contributed by atoms with E-state index in [4.69, 9.17) is 4.98 Å². The van der Waals surface area contributed by atoms with Crippen LogP contribution in [-0.4, -0.2) is 23.1 Å². The van der Waals surface area contributed by atoms with Gasteiger partial charge in [-0.2, -0.15) is 4.98 Å². The molecule has 1 aliphatic heterocycles. The quantitative estimate of drug-likeness (QED) is 0.684. The highest BCUT2D eigenvalue weighted by Crippen LogP contribution is 2.23. The van der Waals surface area contributed by atoms with Crippen LogP contribution in [0.5, 0.6) is 0 Å². The Morgan fingerprint density at radius 3 is 2.62 bits per heavy atom. The number of rotatable bonds is 6. The molecule has 2 aromatic carbocycles. The van der Waals surface area contributed by atoms with Crippen molar-refractivity contribution in [1.82, 2.24) is 9.97 Å². The Morgan fingerprint density at radius 2 is 1.73 bits per heavy atom. The third-order valence-corrected chi connectivity index (χ3v) is 4.86. The number of nitrogens with one attached hydrogen (secondary N) is 1. The van der Waals surface area contributed by atoms with Crippen molar-refractivity contribution in [3.8, 4) is 0 Å². The molecule has 4 heteroatoms. The topological polar surface area (TPSA) is 41.1 Å². The van der Waals surface area contributed by atoms with Crippen LogP contribution >= 0.6 is 0 Å². The summed E-state index contributed by atoms with van der Waals surface area (Å²) in [6, 6.07) is 21.3. The zero-order valence-corrected chi connectivity index (χ0v) is 14.9. The van der Waals surface area contributed by atoms with E-state index < -0.39 is 0 Å². The van der Waals surface area contributed by atoms with Gasteiger partial charge in [0.1, 0.15) is 5.82 Å². The van der Waals surface area contributed by atoms with Crippen LogP contribution < -0.4 is 10.2 Å².